The summed E-state index contributed by atoms with van der Waals surface area (Å²) in [6.45, 7) is 0. The Morgan fingerprint density at radius 3 is 0.595 bits per heavy atom. The number of anilines is 12. The zero-order valence-electron chi connectivity index (χ0n) is 46.3. The largest absolute Gasteiger partial charge is 0.311 e. The van der Waals surface area contributed by atoms with E-state index in [-0.39, 0.29) is 0 Å². The molecule has 14 rings (SSSR count). The van der Waals surface area contributed by atoms with Crippen molar-refractivity contribution in [2.75, 3.05) is 19.6 Å². The predicted molar refractivity (Wildman–Crippen MR) is 356 cm³/mol. The summed E-state index contributed by atoms with van der Waals surface area (Å²) in [7, 11) is 0. The van der Waals surface area contributed by atoms with Gasteiger partial charge in [-0.25, -0.2) is 0 Å². The Hall–Kier alpha value is -11.2. The first-order chi connectivity index (χ1) is 41.6. The lowest BCUT2D eigenvalue weighted by Gasteiger charge is -2.26. The number of hydrogen-bond donors (Lipinski definition) is 0. The van der Waals surface area contributed by atoms with Crippen molar-refractivity contribution in [2.45, 2.75) is 0 Å². The topological polar surface area (TPSA) is 13.0 Å². The van der Waals surface area contributed by atoms with Crippen molar-refractivity contribution in [1.29, 1.82) is 0 Å². The lowest BCUT2D eigenvalue weighted by Crippen LogP contribution is -2.10. The second-order valence-corrected chi connectivity index (χ2v) is 21.0. The maximum absolute atomic E-state index is 2.35. The molecule has 14 aromatic carbocycles. The molecule has 0 saturated heterocycles. The fraction of sp³-hybridized carbons (Fsp3) is 0. The Morgan fingerprint density at radius 1 is 0.131 bits per heavy atom. The van der Waals surface area contributed by atoms with Gasteiger partial charge in [-0.05, 0) is 207 Å². The van der Waals surface area contributed by atoms with Crippen LogP contribution in [-0.4, -0.2) is 0 Å². The van der Waals surface area contributed by atoms with Crippen LogP contribution < -0.4 is 19.6 Å². The van der Waals surface area contributed by atoms with Gasteiger partial charge in [-0.15, -0.1) is 0 Å². The van der Waals surface area contributed by atoms with E-state index in [0.29, 0.717) is 0 Å². The van der Waals surface area contributed by atoms with Crippen LogP contribution in [0.25, 0.3) is 54.9 Å². The Morgan fingerprint density at radius 2 is 0.321 bits per heavy atom. The zero-order valence-corrected chi connectivity index (χ0v) is 46.3. The summed E-state index contributed by atoms with van der Waals surface area (Å²) in [5.74, 6) is 0. The molecule has 0 spiro atoms. The first-order valence-corrected chi connectivity index (χ1v) is 28.6. The monoisotopic (exact) mass is 1070 g/mol. The molecule has 14 aromatic rings. The predicted octanol–water partition coefficient (Wildman–Crippen LogP) is 22.9. The molecular weight excluding hydrogens is 1020 g/mol. The molecule has 0 fully saturated rings. The third-order valence-electron chi connectivity index (χ3n) is 15.8. The molecule has 4 nitrogen and oxygen atoms in total. The highest BCUT2D eigenvalue weighted by atomic mass is 15.2. The van der Waals surface area contributed by atoms with Crippen molar-refractivity contribution < 1.29 is 0 Å². The molecule has 0 N–H and O–H groups in total. The number of rotatable bonds is 15. The zero-order chi connectivity index (χ0) is 56.0. The molecule has 84 heavy (non-hydrogen) atoms. The van der Waals surface area contributed by atoms with Crippen molar-refractivity contribution in [3.05, 3.63) is 352 Å². The quantitative estimate of drug-likeness (QED) is 0.0949. The van der Waals surface area contributed by atoms with Crippen molar-refractivity contribution in [2.24, 2.45) is 0 Å². The number of benzene rings is 14. The van der Waals surface area contributed by atoms with Crippen molar-refractivity contribution in [3.63, 3.8) is 0 Å². The van der Waals surface area contributed by atoms with Crippen LogP contribution in [0.15, 0.2) is 352 Å². The number of hydrogen-bond acceptors (Lipinski definition) is 4. The Kier molecular flexibility index (Phi) is 14.0. The van der Waals surface area contributed by atoms with Crippen LogP contribution in [0.5, 0.6) is 0 Å². The van der Waals surface area contributed by atoms with E-state index in [0.717, 1.165) is 90.5 Å². The molecule has 4 heteroatoms. The molecule has 0 heterocycles. The molecule has 0 unspecified atom stereocenters. The van der Waals surface area contributed by atoms with E-state index >= 15 is 0 Å². The minimum atomic E-state index is 1.09. The van der Waals surface area contributed by atoms with Crippen molar-refractivity contribution >= 4 is 89.8 Å². The SMILES string of the molecule is c1ccc(N(c2ccccc2)c2ccc(-c3ccc(N(c4ccccc4)c4ccc(-c5ccc6c(ccc7cc(N(c8ccccc8)c8ccc(-c9ccc(N(c%10ccccc%10)c%10ccccc%10)cc9)cc8)ccc76)c5)cc4)cc3)cc2)cc1. The van der Waals surface area contributed by atoms with Gasteiger partial charge in [0.25, 0.3) is 0 Å². The van der Waals surface area contributed by atoms with Crippen LogP contribution in [-0.2, 0) is 0 Å². The molecular formula is C80H58N4. The van der Waals surface area contributed by atoms with Crippen LogP contribution >= 0.6 is 0 Å². The molecule has 0 aliphatic carbocycles. The van der Waals surface area contributed by atoms with Crippen molar-refractivity contribution in [3.8, 4) is 33.4 Å². The molecule has 0 aliphatic heterocycles. The number of para-hydroxylation sites is 6. The van der Waals surface area contributed by atoms with Crippen LogP contribution in [0.2, 0.25) is 0 Å². The molecule has 0 aromatic heterocycles. The van der Waals surface area contributed by atoms with Gasteiger partial charge in [0.2, 0.25) is 0 Å². The van der Waals surface area contributed by atoms with Gasteiger partial charge in [-0.3, -0.25) is 0 Å². The Bertz CT molecular complexity index is 4390. The van der Waals surface area contributed by atoms with Crippen LogP contribution in [0, 0.1) is 0 Å². The number of fused-ring (bicyclic) bond motifs is 3. The lowest BCUT2D eigenvalue weighted by molar-refractivity contribution is 1.28. The third-order valence-corrected chi connectivity index (χ3v) is 15.8. The summed E-state index contributed by atoms with van der Waals surface area (Å²) in [4.78, 5) is 9.26. The summed E-state index contributed by atoms with van der Waals surface area (Å²) < 4.78 is 0. The fourth-order valence-corrected chi connectivity index (χ4v) is 11.6. The van der Waals surface area contributed by atoms with Crippen LogP contribution in [0.4, 0.5) is 68.2 Å². The highest BCUT2D eigenvalue weighted by molar-refractivity contribution is 6.09. The summed E-state index contributed by atoms with van der Waals surface area (Å²) in [6.07, 6.45) is 0. The minimum absolute atomic E-state index is 1.09. The van der Waals surface area contributed by atoms with Gasteiger partial charge in [0.05, 0.1) is 0 Å². The van der Waals surface area contributed by atoms with E-state index in [2.05, 4.69) is 371 Å². The first-order valence-electron chi connectivity index (χ1n) is 28.6. The van der Waals surface area contributed by atoms with Crippen LogP contribution in [0.3, 0.4) is 0 Å². The fourth-order valence-electron chi connectivity index (χ4n) is 11.6. The van der Waals surface area contributed by atoms with Gasteiger partial charge < -0.3 is 19.6 Å². The molecule has 398 valence electrons. The van der Waals surface area contributed by atoms with E-state index in [1.165, 1.54) is 32.7 Å². The van der Waals surface area contributed by atoms with Gasteiger partial charge in [-0.2, -0.15) is 0 Å². The maximum Gasteiger partial charge on any atom is 0.0468 e. The average Bonchev–Trinajstić information content (AvgIpc) is 3.66. The van der Waals surface area contributed by atoms with E-state index in [4.69, 9.17) is 0 Å². The number of nitrogens with zero attached hydrogens (tertiary/aromatic N) is 4. The molecule has 0 saturated carbocycles. The van der Waals surface area contributed by atoms with E-state index < -0.39 is 0 Å². The maximum atomic E-state index is 2.35. The third kappa shape index (κ3) is 10.4. The second-order valence-electron chi connectivity index (χ2n) is 21.0. The van der Waals surface area contributed by atoms with E-state index in [9.17, 15) is 0 Å². The Balaban J connectivity index is 0.705. The van der Waals surface area contributed by atoms with Gasteiger partial charge >= 0.3 is 0 Å². The van der Waals surface area contributed by atoms with Gasteiger partial charge in [0.15, 0.2) is 0 Å². The van der Waals surface area contributed by atoms with Gasteiger partial charge in [0.1, 0.15) is 0 Å². The van der Waals surface area contributed by atoms with E-state index in [1.807, 2.05) is 0 Å². The second kappa shape index (κ2) is 23.1. The highest BCUT2D eigenvalue weighted by Gasteiger charge is 2.18. The standard InChI is InChI=1S/C80H58N4/c1-7-19-67(20-8-1)81(68-21-9-2-10-22-68)73-44-33-59(34-45-73)61-37-48-75(49-38-61)83(71-27-15-5-16-28-71)76-52-41-63(42-53-76)64-43-55-79-65(57-64)31-32-66-58-78(54-56-80(66)79)84(72-29-17-6-18-30-72)77-50-39-62(40-51-77)60-35-46-74(47-36-60)82(69-23-11-3-12-24-69)70-25-13-4-14-26-70/h1-58H. The molecule has 0 amide bonds. The van der Waals surface area contributed by atoms with E-state index in [1.54, 1.807) is 0 Å². The summed E-state index contributed by atoms with van der Waals surface area (Å²) in [6, 6.07) is 126. The van der Waals surface area contributed by atoms with Gasteiger partial charge in [0, 0.05) is 68.2 Å². The first kappa shape index (κ1) is 51.0. The molecule has 0 bridgehead atoms. The average molecular weight is 1080 g/mol. The van der Waals surface area contributed by atoms with Crippen molar-refractivity contribution in [1.82, 2.24) is 0 Å². The smallest absolute Gasteiger partial charge is 0.0468 e. The van der Waals surface area contributed by atoms with Gasteiger partial charge in [-0.1, -0.05) is 200 Å². The van der Waals surface area contributed by atoms with Crippen LogP contribution in [0.1, 0.15) is 0 Å². The summed E-state index contributed by atoms with van der Waals surface area (Å²) in [5, 5.41) is 4.85. The summed E-state index contributed by atoms with van der Waals surface area (Å²) in [5.41, 5.74) is 20.3. The molecule has 0 aliphatic rings. The minimum Gasteiger partial charge on any atom is -0.311 e. The lowest BCUT2D eigenvalue weighted by atomic mass is 9.96. The highest BCUT2D eigenvalue weighted by Crippen LogP contribution is 2.42. The molecule has 0 atom stereocenters. The Labute approximate surface area is 491 Å². The normalized spacial score (nSPS) is 11.1. The summed E-state index contributed by atoms with van der Waals surface area (Å²) >= 11 is 0. The molecule has 0 radical (unpaired) electrons.